The third kappa shape index (κ3) is 6.50. The van der Waals surface area contributed by atoms with E-state index in [0.717, 1.165) is 48.5 Å². The lowest BCUT2D eigenvalue weighted by atomic mass is 10.1. The largest absolute Gasteiger partial charge is 0.371 e. The third-order valence-electron chi connectivity index (χ3n) is 5.18. The zero-order valence-electron chi connectivity index (χ0n) is 17.5. The Bertz CT molecular complexity index is 823. The minimum absolute atomic E-state index is 0. The summed E-state index contributed by atoms with van der Waals surface area (Å²) < 4.78 is 5.37. The van der Waals surface area contributed by atoms with Gasteiger partial charge in [0.25, 0.3) is 0 Å². The number of halogens is 2. The van der Waals surface area contributed by atoms with Crippen molar-refractivity contribution >= 4 is 47.2 Å². The summed E-state index contributed by atoms with van der Waals surface area (Å²) in [5.41, 5.74) is 3.48. The normalized spacial score (nSPS) is 16.8. The third-order valence-corrected chi connectivity index (χ3v) is 5.41. The van der Waals surface area contributed by atoms with Gasteiger partial charge in [-0.15, -0.1) is 24.0 Å². The van der Waals surface area contributed by atoms with Gasteiger partial charge in [-0.1, -0.05) is 36.7 Å². The molecule has 0 radical (unpaired) electrons. The van der Waals surface area contributed by atoms with E-state index < -0.39 is 0 Å². The van der Waals surface area contributed by atoms with Crippen molar-refractivity contribution in [2.75, 3.05) is 31.6 Å². The Morgan fingerprint density at radius 1 is 1.34 bits per heavy atom. The summed E-state index contributed by atoms with van der Waals surface area (Å²) in [6, 6.07) is 8.09. The molecule has 0 saturated carbocycles. The van der Waals surface area contributed by atoms with Crippen LogP contribution in [0.2, 0.25) is 5.02 Å². The molecule has 0 amide bonds. The monoisotopic (exact) mass is 531 g/mol. The van der Waals surface area contributed by atoms with Crippen molar-refractivity contribution in [1.29, 1.82) is 0 Å². The van der Waals surface area contributed by atoms with Gasteiger partial charge < -0.3 is 20.1 Å². The van der Waals surface area contributed by atoms with Gasteiger partial charge in [0.1, 0.15) is 0 Å². The van der Waals surface area contributed by atoms with Gasteiger partial charge >= 0.3 is 0 Å². The molecule has 1 aliphatic heterocycles. The fourth-order valence-corrected chi connectivity index (χ4v) is 3.62. The van der Waals surface area contributed by atoms with Crippen molar-refractivity contribution in [3.05, 3.63) is 46.3 Å². The van der Waals surface area contributed by atoms with Crippen LogP contribution in [-0.4, -0.2) is 37.8 Å². The van der Waals surface area contributed by atoms with Crippen molar-refractivity contribution in [1.82, 2.24) is 15.8 Å². The molecule has 29 heavy (non-hydrogen) atoms. The number of rotatable bonds is 6. The minimum Gasteiger partial charge on any atom is -0.371 e. The van der Waals surface area contributed by atoms with Crippen molar-refractivity contribution in [3.63, 3.8) is 0 Å². The number of hydrogen-bond acceptors (Lipinski definition) is 4. The van der Waals surface area contributed by atoms with Crippen LogP contribution in [0.4, 0.5) is 5.69 Å². The summed E-state index contributed by atoms with van der Waals surface area (Å²) in [5, 5.41) is 11.6. The second kappa shape index (κ2) is 11.1. The van der Waals surface area contributed by atoms with Crippen LogP contribution in [0.1, 0.15) is 43.2 Å². The van der Waals surface area contributed by atoms with Gasteiger partial charge in [-0.3, -0.25) is 4.99 Å². The van der Waals surface area contributed by atoms with E-state index in [0.29, 0.717) is 18.4 Å². The standard InChI is InChI=1S/C21H30ClN5O.HI/c1-14(2)19-10-18(28-26-19)12-25-21(23-4)24-11-16-7-8-27(13-16)20-9-17(22)6-5-15(20)3;/h5-6,9-10,14,16H,7-8,11-13H2,1-4H3,(H2,23,24,25);1H. The zero-order chi connectivity index (χ0) is 20.1. The maximum Gasteiger partial charge on any atom is 0.191 e. The summed E-state index contributed by atoms with van der Waals surface area (Å²) in [4.78, 5) is 6.73. The highest BCUT2D eigenvalue weighted by atomic mass is 127. The first-order valence-electron chi connectivity index (χ1n) is 9.87. The lowest BCUT2D eigenvalue weighted by molar-refractivity contribution is 0.371. The molecule has 0 spiro atoms. The SMILES string of the molecule is CN=C(NCc1cc(C(C)C)no1)NCC1CCN(c2cc(Cl)ccc2C)C1.I. The molecule has 3 rings (SSSR count). The van der Waals surface area contributed by atoms with E-state index in [1.165, 1.54) is 11.3 Å². The van der Waals surface area contributed by atoms with Crippen LogP contribution >= 0.6 is 35.6 Å². The Morgan fingerprint density at radius 3 is 2.83 bits per heavy atom. The van der Waals surface area contributed by atoms with Crippen molar-refractivity contribution in [3.8, 4) is 0 Å². The fourth-order valence-electron chi connectivity index (χ4n) is 3.46. The van der Waals surface area contributed by atoms with Crippen LogP contribution in [0, 0.1) is 12.8 Å². The predicted molar refractivity (Wildman–Crippen MR) is 131 cm³/mol. The second-order valence-corrected chi connectivity index (χ2v) is 8.15. The van der Waals surface area contributed by atoms with Gasteiger partial charge in [0.15, 0.2) is 11.7 Å². The maximum atomic E-state index is 6.18. The molecule has 1 fully saturated rings. The van der Waals surface area contributed by atoms with Crippen molar-refractivity contribution < 1.29 is 4.52 Å². The summed E-state index contributed by atoms with van der Waals surface area (Å²) in [6.07, 6.45) is 1.15. The molecule has 8 heteroatoms. The van der Waals surface area contributed by atoms with Gasteiger partial charge in [0.05, 0.1) is 12.2 Å². The van der Waals surface area contributed by atoms with Crippen LogP contribution in [-0.2, 0) is 6.54 Å². The molecule has 2 aromatic rings. The number of guanidine groups is 1. The number of aryl methyl sites for hydroxylation is 1. The number of nitrogens with one attached hydrogen (secondary N) is 2. The van der Waals surface area contributed by atoms with E-state index in [1.807, 2.05) is 12.1 Å². The molecule has 0 aliphatic carbocycles. The lowest BCUT2D eigenvalue weighted by Crippen LogP contribution is -2.39. The lowest BCUT2D eigenvalue weighted by Gasteiger charge is -2.21. The van der Waals surface area contributed by atoms with Crippen LogP contribution in [0.3, 0.4) is 0 Å². The minimum atomic E-state index is 0. The molecule has 1 unspecified atom stereocenters. The van der Waals surface area contributed by atoms with Gasteiger partial charge in [-0.05, 0) is 42.9 Å². The molecule has 1 aliphatic rings. The number of anilines is 1. The fraction of sp³-hybridized carbons (Fsp3) is 0.524. The van der Waals surface area contributed by atoms with Crippen LogP contribution in [0.25, 0.3) is 0 Å². The molecule has 0 bridgehead atoms. The molecule has 160 valence electrons. The van der Waals surface area contributed by atoms with E-state index in [2.05, 4.69) is 58.6 Å². The highest BCUT2D eigenvalue weighted by Gasteiger charge is 2.24. The summed E-state index contributed by atoms with van der Waals surface area (Å²) in [5.74, 6) is 2.52. The van der Waals surface area contributed by atoms with E-state index in [9.17, 15) is 0 Å². The molecular formula is C21H31ClIN5O. The zero-order valence-corrected chi connectivity index (χ0v) is 20.6. The van der Waals surface area contributed by atoms with Crippen molar-refractivity contribution in [2.24, 2.45) is 10.9 Å². The number of aromatic nitrogens is 1. The molecule has 1 aromatic carbocycles. The quantitative estimate of drug-likeness (QED) is 0.325. The first kappa shape index (κ1) is 23.8. The number of aliphatic imine (C=N–C) groups is 1. The van der Waals surface area contributed by atoms with Crippen LogP contribution in [0.15, 0.2) is 33.8 Å². The topological polar surface area (TPSA) is 65.7 Å². The van der Waals surface area contributed by atoms with Gasteiger partial charge in [-0.2, -0.15) is 0 Å². The average Bonchev–Trinajstić information content (AvgIpc) is 3.33. The van der Waals surface area contributed by atoms with Gasteiger partial charge in [0, 0.05) is 43.5 Å². The Kier molecular flexibility index (Phi) is 9.07. The predicted octanol–water partition coefficient (Wildman–Crippen LogP) is 4.57. The molecule has 6 nitrogen and oxygen atoms in total. The average molecular weight is 532 g/mol. The van der Waals surface area contributed by atoms with Crippen LogP contribution in [0.5, 0.6) is 0 Å². The molecule has 1 aromatic heterocycles. The summed E-state index contributed by atoms with van der Waals surface area (Å²) in [6.45, 7) is 9.86. The van der Waals surface area contributed by atoms with E-state index in [-0.39, 0.29) is 24.0 Å². The first-order chi connectivity index (χ1) is 13.5. The molecule has 1 atom stereocenters. The van der Waals surface area contributed by atoms with Crippen LogP contribution < -0.4 is 15.5 Å². The Balaban J connectivity index is 0.00000300. The first-order valence-corrected chi connectivity index (χ1v) is 10.2. The van der Waals surface area contributed by atoms with Gasteiger partial charge in [-0.25, -0.2) is 0 Å². The molecular weight excluding hydrogens is 501 g/mol. The number of benzene rings is 1. The Hall–Kier alpha value is -1.48. The molecule has 2 N–H and O–H groups in total. The van der Waals surface area contributed by atoms with Gasteiger partial charge in [0.2, 0.25) is 0 Å². The van der Waals surface area contributed by atoms with Crippen molar-refractivity contribution in [2.45, 2.75) is 39.7 Å². The molecule has 2 heterocycles. The van der Waals surface area contributed by atoms with E-state index in [1.54, 1.807) is 7.05 Å². The summed E-state index contributed by atoms with van der Waals surface area (Å²) >= 11 is 6.18. The molecule has 1 saturated heterocycles. The smallest absolute Gasteiger partial charge is 0.191 e. The second-order valence-electron chi connectivity index (χ2n) is 7.71. The number of nitrogens with zero attached hydrogens (tertiary/aromatic N) is 3. The summed E-state index contributed by atoms with van der Waals surface area (Å²) in [7, 11) is 1.78. The number of hydrogen-bond donors (Lipinski definition) is 2. The Labute approximate surface area is 195 Å². The highest BCUT2D eigenvalue weighted by molar-refractivity contribution is 14.0. The Morgan fingerprint density at radius 2 is 2.14 bits per heavy atom. The van der Waals surface area contributed by atoms with E-state index in [4.69, 9.17) is 16.1 Å². The maximum absolute atomic E-state index is 6.18. The highest BCUT2D eigenvalue weighted by Crippen LogP contribution is 2.29. The van der Waals surface area contributed by atoms with E-state index >= 15 is 0 Å².